The van der Waals surface area contributed by atoms with Crippen LogP contribution in [0.3, 0.4) is 0 Å². The first-order valence-corrected chi connectivity index (χ1v) is 10.1. The zero-order valence-corrected chi connectivity index (χ0v) is 19.9. The van der Waals surface area contributed by atoms with Crippen molar-refractivity contribution in [3.8, 4) is 11.5 Å². The molecule has 0 heterocycles. The van der Waals surface area contributed by atoms with E-state index in [0.29, 0.717) is 17.9 Å². The highest BCUT2D eigenvalue weighted by Crippen LogP contribution is 2.21. The zero-order valence-electron chi connectivity index (χ0n) is 19.9. The molecule has 0 aliphatic rings. The third-order valence-corrected chi connectivity index (χ3v) is 4.06. The number of ether oxygens (including phenoxy) is 4. The van der Waals surface area contributed by atoms with Gasteiger partial charge in [-0.25, -0.2) is 4.39 Å². The molecule has 168 valence electrons. The van der Waals surface area contributed by atoms with Crippen LogP contribution in [-0.4, -0.2) is 25.4 Å². The molecule has 0 fully saturated rings. The molecule has 2 rings (SSSR count). The Morgan fingerprint density at radius 3 is 1.90 bits per heavy atom. The van der Waals surface area contributed by atoms with E-state index in [9.17, 15) is 4.39 Å². The van der Waals surface area contributed by atoms with E-state index >= 15 is 0 Å². The molecule has 2 aromatic rings. The zero-order chi connectivity index (χ0) is 22.9. The van der Waals surface area contributed by atoms with Gasteiger partial charge < -0.3 is 18.9 Å². The van der Waals surface area contributed by atoms with Crippen LogP contribution in [-0.2, 0) is 22.7 Å². The number of rotatable bonds is 6. The lowest BCUT2D eigenvalue weighted by Crippen LogP contribution is -2.19. The predicted octanol–water partition coefficient (Wildman–Crippen LogP) is 6.47. The second-order valence-corrected chi connectivity index (χ2v) is 9.06. The molecule has 5 heteroatoms. The van der Waals surface area contributed by atoms with Gasteiger partial charge in [-0.3, -0.25) is 0 Å². The molecular formula is C25H37FO4. The fourth-order valence-corrected chi connectivity index (χ4v) is 2.34. The van der Waals surface area contributed by atoms with Gasteiger partial charge in [0.15, 0.2) is 0 Å². The van der Waals surface area contributed by atoms with Crippen molar-refractivity contribution in [2.75, 3.05) is 14.2 Å². The molecule has 0 aliphatic carbocycles. The van der Waals surface area contributed by atoms with Crippen molar-refractivity contribution in [1.82, 2.24) is 0 Å². The lowest BCUT2D eigenvalue weighted by molar-refractivity contribution is -0.0162. The summed E-state index contributed by atoms with van der Waals surface area (Å²) in [5.41, 5.74) is 2.45. The van der Waals surface area contributed by atoms with Gasteiger partial charge in [0.05, 0.1) is 38.6 Å². The van der Waals surface area contributed by atoms with Crippen molar-refractivity contribution in [3.05, 3.63) is 58.9 Å². The van der Waals surface area contributed by atoms with Gasteiger partial charge in [0, 0.05) is 5.56 Å². The van der Waals surface area contributed by atoms with Gasteiger partial charge in [-0.2, -0.15) is 0 Å². The summed E-state index contributed by atoms with van der Waals surface area (Å²) in [6.45, 7) is 14.9. The lowest BCUT2D eigenvalue weighted by atomic mass is 10.1. The minimum absolute atomic E-state index is 0.0991. The second kappa shape index (κ2) is 11.3. The summed E-state index contributed by atoms with van der Waals surface area (Å²) in [5.74, 6) is 1.30. The summed E-state index contributed by atoms with van der Waals surface area (Å²) in [5, 5.41) is 0. The van der Waals surface area contributed by atoms with Crippen LogP contribution in [0.2, 0.25) is 0 Å². The average Bonchev–Trinajstić information content (AvgIpc) is 2.66. The van der Waals surface area contributed by atoms with Gasteiger partial charge in [0.2, 0.25) is 0 Å². The number of halogens is 1. The monoisotopic (exact) mass is 420 g/mol. The van der Waals surface area contributed by atoms with Crippen molar-refractivity contribution < 1.29 is 23.3 Å². The maximum absolute atomic E-state index is 13.3. The Balaban J connectivity index is 0.000000300. The summed E-state index contributed by atoms with van der Waals surface area (Å²) in [6, 6.07) is 10.8. The van der Waals surface area contributed by atoms with E-state index in [4.69, 9.17) is 18.9 Å². The van der Waals surface area contributed by atoms with Crippen molar-refractivity contribution >= 4 is 0 Å². The van der Waals surface area contributed by atoms with E-state index < -0.39 is 0 Å². The summed E-state index contributed by atoms with van der Waals surface area (Å²) in [7, 11) is 3.25. The minimum Gasteiger partial charge on any atom is -0.497 e. The van der Waals surface area contributed by atoms with Crippen molar-refractivity contribution in [2.24, 2.45) is 0 Å². The Hall–Kier alpha value is -2.11. The van der Waals surface area contributed by atoms with Crippen LogP contribution in [0.5, 0.6) is 11.5 Å². The quantitative estimate of drug-likeness (QED) is 0.537. The molecule has 0 saturated carbocycles. The average molecular weight is 421 g/mol. The second-order valence-electron chi connectivity index (χ2n) is 9.06. The normalized spacial score (nSPS) is 11.5. The highest BCUT2D eigenvalue weighted by atomic mass is 19.1. The number of hydrogen-bond acceptors (Lipinski definition) is 4. The third kappa shape index (κ3) is 10.1. The molecule has 0 spiro atoms. The Labute approximate surface area is 181 Å². The Bertz CT molecular complexity index is 789. The molecule has 0 N–H and O–H groups in total. The molecule has 0 atom stereocenters. The summed E-state index contributed by atoms with van der Waals surface area (Å²) >= 11 is 0. The van der Waals surface area contributed by atoms with Crippen LogP contribution >= 0.6 is 0 Å². The first-order chi connectivity index (χ1) is 13.8. The number of methoxy groups -OCH3 is 2. The highest BCUT2D eigenvalue weighted by Gasteiger charge is 2.13. The van der Waals surface area contributed by atoms with Crippen LogP contribution in [0.25, 0.3) is 0 Å². The predicted molar refractivity (Wildman–Crippen MR) is 120 cm³/mol. The van der Waals surface area contributed by atoms with Gasteiger partial charge in [-0.1, -0.05) is 12.1 Å². The van der Waals surface area contributed by atoms with E-state index in [-0.39, 0.29) is 23.6 Å². The molecule has 0 aromatic heterocycles. The Morgan fingerprint density at radius 2 is 1.37 bits per heavy atom. The van der Waals surface area contributed by atoms with Crippen molar-refractivity contribution in [1.29, 1.82) is 0 Å². The molecule has 0 radical (unpaired) electrons. The topological polar surface area (TPSA) is 36.9 Å². The molecule has 4 nitrogen and oxygen atoms in total. The maximum atomic E-state index is 13.3. The Morgan fingerprint density at radius 1 is 0.767 bits per heavy atom. The van der Waals surface area contributed by atoms with Crippen LogP contribution in [0, 0.1) is 12.7 Å². The number of aryl methyl sites for hydroxylation is 1. The van der Waals surface area contributed by atoms with Crippen molar-refractivity contribution in [3.63, 3.8) is 0 Å². The molecule has 0 amide bonds. The van der Waals surface area contributed by atoms with E-state index in [1.165, 1.54) is 6.07 Å². The SMILES string of the molecule is COc1cc(COC(C)(C)C)ccc1C.COc1ccc(F)c(COC(C)(C)C)c1. The van der Waals surface area contributed by atoms with E-state index in [2.05, 4.69) is 32.9 Å². The molecule has 0 saturated heterocycles. The summed E-state index contributed by atoms with van der Waals surface area (Å²) in [6.07, 6.45) is 0. The number of benzene rings is 2. The third-order valence-electron chi connectivity index (χ3n) is 4.06. The number of hydrogen-bond donors (Lipinski definition) is 0. The van der Waals surface area contributed by atoms with Gasteiger partial charge >= 0.3 is 0 Å². The maximum Gasteiger partial charge on any atom is 0.128 e. The summed E-state index contributed by atoms with van der Waals surface area (Å²) < 4.78 is 34.8. The summed E-state index contributed by atoms with van der Waals surface area (Å²) in [4.78, 5) is 0. The highest BCUT2D eigenvalue weighted by molar-refractivity contribution is 5.36. The molecule has 0 aliphatic heterocycles. The first kappa shape index (κ1) is 25.9. The van der Waals surface area contributed by atoms with Gasteiger partial charge in [-0.15, -0.1) is 0 Å². The smallest absolute Gasteiger partial charge is 0.128 e. The van der Waals surface area contributed by atoms with Gasteiger partial charge in [0.1, 0.15) is 17.3 Å². The van der Waals surface area contributed by atoms with Crippen LogP contribution < -0.4 is 9.47 Å². The van der Waals surface area contributed by atoms with Crippen LogP contribution in [0.4, 0.5) is 4.39 Å². The van der Waals surface area contributed by atoms with Crippen LogP contribution in [0.1, 0.15) is 58.2 Å². The minimum atomic E-state index is -0.268. The Kier molecular flexibility index (Phi) is 9.79. The van der Waals surface area contributed by atoms with Gasteiger partial charge in [0.25, 0.3) is 0 Å². The largest absolute Gasteiger partial charge is 0.497 e. The molecule has 0 bridgehead atoms. The van der Waals surface area contributed by atoms with Crippen molar-refractivity contribution in [2.45, 2.75) is 72.9 Å². The fraction of sp³-hybridized carbons (Fsp3) is 0.520. The van der Waals surface area contributed by atoms with Gasteiger partial charge in [-0.05, 0) is 83.9 Å². The van der Waals surface area contributed by atoms with E-state index in [0.717, 1.165) is 16.9 Å². The fourth-order valence-electron chi connectivity index (χ4n) is 2.34. The molecule has 30 heavy (non-hydrogen) atoms. The lowest BCUT2D eigenvalue weighted by Gasteiger charge is -2.19. The molecule has 2 aromatic carbocycles. The van der Waals surface area contributed by atoms with E-state index in [1.807, 2.05) is 33.8 Å². The standard InChI is InChI=1S/C13H20O2.C12H17FO2/c1-10-6-7-11(8-12(10)14-5)9-15-13(2,3)4;1-12(2,3)15-8-9-7-10(14-4)5-6-11(9)13/h6-8H,9H2,1-5H3;5-7H,8H2,1-4H3. The molecule has 0 unspecified atom stereocenters. The van der Waals surface area contributed by atoms with Crippen LogP contribution in [0.15, 0.2) is 36.4 Å². The molecular weight excluding hydrogens is 383 g/mol. The van der Waals surface area contributed by atoms with E-state index in [1.54, 1.807) is 26.4 Å². The first-order valence-electron chi connectivity index (χ1n) is 10.1.